The molecule has 3 N–H and O–H groups in total. The van der Waals surface area contributed by atoms with Crippen molar-refractivity contribution in [2.45, 2.75) is 12.8 Å². The van der Waals surface area contributed by atoms with Crippen LogP contribution in [0.5, 0.6) is 5.75 Å². The molecule has 2 aromatic rings. The third-order valence-electron chi connectivity index (χ3n) is 3.31. The molecule has 0 spiro atoms. The largest absolute Gasteiger partial charge is 0.507 e. The molecule has 2 aromatic carbocycles. The fourth-order valence-electron chi connectivity index (χ4n) is 2.02. The number of hydrogen-bond acceptors (Lipinski definition) is 4. The number of amides is 2. The molecule has 0 heterocycles. The van der Waals surface area contributed by atoms with Crippen LogP contribution in [-0.4, -0.2) is 29.7 Å². The van der Waals surface area contributed by atoms with E-state index in [1.165, 1.54) is 12.3 Å². The molecule has 0 aliphatic carbocycles. The molecule has 0 saturated carbocycles. The second-order valence-corrected chi connectivity index (χ2v) is 6.05. The van der Waals surface area contributed by atoms with Gasteiger partial charge in [-0.15, -0.1) is 0 Å². The van der Waals surface area contributed by atoms with Gasteiger partial charge in [0.2, 0.25) is 5.91 Å². The summed E-state index contributed by atoms with van der Waals surface area (Å²) in [6.07, 6.45) is 2.10. The number of carbonyl (C=O) groups excluding carboxylic acids is 2. The van der Waals surface area contributed by atoms with Gasteiger partial charge in [-0.25, -0.2) is 5.43 Å². The summed E-state index contributed by atoms with van der Waals surface area (Å²) in [6.45, 7) is 0.386. The van der Waals surface area contributed by atoms with Crippen molar-refractivity contribution in [3.05, 3.63) is 64.1 Å². The van der Waals surface area contributed by atoms with Gasteiger partial charge in [0.25, 0.3) is 5.91 Å². The van der Waals surface area contributed by atoms with Crippen LogP contribution in [0.4, 0.5) is 0 Å². The van der Waals surface area contributed by atoms with Crippen LogP contribution in [0.3, 0.4) is 0 Å². The van der Waals surface area contributed by atoms with Crippen molar-refractivity contribution in [1.82, 2.24) is 10.7 Å². The number of nitrogens with one attached hydrogen (secondary N) is 2. The third kappa shape index (κ3) is 6.04. The van der Waals surface area contributed by atoms with Gasteiger partial charge in [-0.3, -0.25) is 9.59 Å². The van der Waals surface area contributed by atoms with Crippen LogP contribution < -0.4 is 10.7 Å². The molecule has 0 saturated heterocycles. The number of carbonyl (C=O) groups is 2. The van der Waals surface area contributed by atoms with E-state index >= 15 is 0 Å². The number of aromatic hydroxyl groups is 1. The van der Waals surface area contributed by atoms with E-state index in [2.05, 4.69) is 31.8 Å². The van der Waals surface area contributed by atoms with E-state index < -0.39 is 0 Å². The van der Waals surface area contributed by atoms with Crippen LogP contribution >= 0.6 is 15.9 Å². The number of halogens is 1. The summed E-state index contributed by atoms with van der Waals surface area (Å²) in [4.78, 5) is 23.7. The van der Waals surface area contributed by atoms with Gasteiger partial charge in [-0.2, -0.15) is 5.10 Å². The summed E-state index contributed by atoms with van der Waals surface area (Å²) < 4.78 is 0.726. The van der Waals surface area contributed by atoms with Crippen LogP contribution in [0.1, 0.15) is 28.8 Å². The molecule has 0 aromatic heterocycles. The Balaban J connectivity index is 1.68. The van der Waals surface area contributed by atoms with E-state index in [1.807, 2.05) is 6.07 Å². The number of hydrazone groups is 1. The Bertz CT molecular complexity index is 778. The fourth-order valence-corrected chi connectivity index (χ4v) is 2.48. The molecule has 0 radical (unpaired) electrons. The Morgan fingerprint density at radius 1 is 1.12 bits per heavy atom. The average molecular weight is 404 g/mol. The lowest BCUT2D eigenvalue weighted by atomic mass is 10.2. The summed E-state index contributed by atoms with van der Waals surface area (Å²) in [5, 5.41) is 16.1. The van der Waals surface area contributed by atoms with Gasteiger partial charge < -0.3 is 10.4 Å². The van der Waals surface area contributed by atoms with E-state index in [0.717, 1.165) is 4.47 Å². The predicted octanol–water partition coefficient (Wildman–Crippen LogP) is 2.82. The Morgan fingerprint density at radius 3 is 2.60 bits per heavy atom. The standard InChI is InChI=1S/C18H18BrN3O3/c19-15-8-3-2-7-14(15)18(25)20-11-5-10-17(24)22-21-12-13-6-1-4-9-16(13)23/h1-4,6-9,12,23H,5,10-11H2,(H,20,25)(H,22,24). The van der Waals surface area contributed by atoms with Crippen molar-refractivity contribution < 1.29 is 14.7 Å². The quantitative estimate of drug-likeness (QED) is 0.377. The molecule has 25 heavy (non-hydrogen) atoms. The Kier molecular flexibility index (Phi) is 7.16. The Hall–Kier alpha value is -2.67. The van der Waals surface area contributed by atoms with Crippen molar-refractivity contribution in [2.24, 2.45) is 5.10 Å². The zero-order valence-corrected chi connectivity index (χ0v) is 15.0. The molecule has 0 aliphatic rings. The molecule has 130 valence electrons. The van der Waals surface area contributed by atoms with Gasteiger partial charge >= 0.3 is 0 Å². The minimum atomic E-state index is -0.262. The number of rotatable bonds is 7. The molecule has 2 amide bonds. The van der Waals surface area contributed by atoms with Crippen LogP contribution in [0, 0.1) is 0 Å². The first-order chi connectivity index (χ1) is 12.1. The molecule has 0 aliphatic heterocycles. The summed E-state index contributed by atoms with van der Waals surface area (Å²) in [6, 6.07) is 13.8. The maximum absolute atomic E-state index is 12.0. The summed E-state index contributed by atoms with van der Waals surface area (Å²) in [5.74, 6) is -0.359. The minimum Gasteiger partial charge on any atom is -0.507 e. The second-order valence-electron chi connectivity index (χ2n) is 5.19. The number of phenolic OH excluding ortho intramolecular Hbond substituents is 1. The van der Waals surface area contributed by atoms with E-state index in [-0.39, 0.29) is 24.0 Å². The van der Waals surface area contributed by atoms with Gasteiger partial charge in [0, 0.05) is 23.0 Å². The lowest BCUT2D eigenvalue weighted by Gasteiger charge is -2.06. The maximum Gasteiger partial charge on any atom is 0.252 e. The van der Waals surface area contributed by atoms with Crippen molar-refractivity contribution >= 4 is 34.0 Å². The van der Waals surface area contributed by atoms with Crippen molar-refractivity contribution in [3.63, 3.8) is 0 Å². The lowest BCUT2D eigenvalue weighted by molar-refractivity contribution is -0.121. The number of nitrogens with zero attached hydrogens (tertiary/aromatic N) is 1. The predicted molar refractivity (Wildman–Crippen MR) is 99.6 cm³/mol. The Morgan fingerprint density at radius 2 is 1.84 bits per heavy atom. The molecule has 0 bridgehead atoms. The summed E-state index contributed by atoms with van der Waals surface area (Å²) >= 11 is 3.32. The summed E-state index contributed by atoms with van der Waals surface area (Å²) in [7, 11) is 0. The zero-order valence-electron chi connectivity index (χ0n) is 13.4. The van der Waals surface area contributed by atoms with E-state index in [0.29, 0.717) is 24.1 Å². The first-order valence-corrected chi connectivity index (χ1v) is 8.50. The normalized spacial score (nSPS) is 10.6. The van der Waals surface area contributed by atoms with Gasteiger partial charge in [-0.1, -0.05) is 24.3 Å². The lowest BCUT2D eigenvalue weighted by Crippen LogP contribution is -2.26. The third-order valence-corrected chi connectivity index (χ3v) is 4.01. The molecular weight excluding hydrogens is 386 g/mol. The van der Waals surface area contributed by atoms with Crippen molar-refractivity contribution in [1.29, 1.82) is 0 Å². The zero-order chi connectivity index (χ0) is 18.1. The first-order valence-electron chi connectivity index (χ1n) is 7.70. The average Bonchev–Trinajstić information content (AvgIpc) is 2.60. The highest BCUT2D eigenvalue weighted by molar-refractivity contribution is 9.10. The molecular formula is C18H18BrN3O3. The number of phenols is 1. The minimum absolute atomic E-state index is 0.0929. The van der Waals surface area contributed by atoms with E-state index in [1.54, 1.807) is 36.4 Å². The van der Waals surface area contributed by atoms with Crippen LogP contribution in [0.2, 0.25) is 0 Å². The maximum atomic E-state index is 12.0. The summed E-state index contributed by atoms with van der Waals surface area (Å²) in [5.41, 5.74) is 3.46. The van der Waals surface area contributed by atoms with E-state index in [4.69, 9.17) is 0 Å². The van der Waals surface area contributed by atoms with Crippen LogP contribution in [0.25, 0.3) is 0 Å². The molecule has 6 nitrogen and oxygen atoms in total. The smallest absolute Gasteiger partial charge is 0.252 e. The Labute approximate surface area is 154 Å². The van der Waals surface area contributed by atoms with Gasteiger partial charge in [0.15, 0.2) is 0 Å². The second kappa shape index (κ2) is 9.58. The molecule has 7 heteroatoms. The number of hydrogen-bond donors (Lipinski definition) is 3. The highest BCUT2D eigenvalue weighted by Crippen LogP contribution is 2.15. The van der Waals surface area contributed by atoms with Gasteiger partial charge in [0.1, 0.15) is 5.75 Å². The van der Waals surface area contributed by atoms with Crippen molar-refractivity contribution in [3.8, 4) is 5.75 Å². The fraction of sp³-hybridized carbons (Fsp3) is 0.167. The molecule has 0 unspecified atom stereocenters. The highest BCUT2D eigenvalue weighted by atomic mass is 79.9. The molecule has 0 fully saturated rings. The van der Waals surface area contributed by atoms with Gasteiger partial charge in [0.05, 0.1) is 11.8 Å². The highest BCUT2D eigenvalue weighted by Gasteiger charge is 2.08. The number of benzene rings is 2. The monoisotopic (exact) mass is 403 g/mol. The molecule has 0 atom stereocenters. The van der Waals surface area contributed by atoms with Gasteiger partial charge in [-0.05, 0) is 46.6 Å². The van der Waals surface area contributed by atoms with Crippen LogP contribution in [0.15, 0.2) is 58.1 Å². The number of para-hydroxylation sites is 1. The van der Waals surface area contributed by atoms with E-state index in [9.17, 15) is 14.7 Å². The topological polar surface area (TPSA) is 90.8 Å². The van der Waals surface area contributed by atoms with Crippen molar-refractivity contribution in [2.75, 3.05) is 6.54 Å². The molecule has 2 rings (SSSR count). The SMILES string of the molecule is O=C(CCCNC(=O)c1ccccc1Br)NN=Cc1ccccc1O. The van der Waals surface area contributed by atoms with Crippen LogP contribution in [-0.2, 0) is 4.79 Å². The first kappa shape index (κ1) is 18.7.